The summed E-state index contributed by atoms with van der Waals surface area (Å²) in [6.07, 6.45) is 2.84. The van der Waals surface area contributed by atoms with Gasteiger partial charge in [0, 0.05) is 0 Å². The van der Waals surface area contributed by atoms with E-state index < -0.39 is 6.10 Å². The Bertz CT molecular complexity index is 576. The zero-order valence-electron chi connectivity index (χ0n) is 11.3. The minimum absolute atomic E-state index is 0.461. The van der Waals surface area contributed by atoms with E-state index >= 15 is 0 Å². The van der Waals surface area contributed by atoms with E-state index in [0.29, 0.717) is 5.71 Å². The lowest BCUT2D eigenvalue weighted by molar-refractivity contribution is 0.197. The number of hydrogen-bond acceptors (Lipinski definition) is 3. The largest absolute Gasteiger partial charge is 0.399 e. The van der Waals surface area contributed by atoms with Crippen LogP contribution in [0.4, 0.5) is 0 Å². The van der Waals surface area contributed by atoms with Crippen LogP contribution in [0.5, 0.6) is 0 Å². The number of nitrogens with zero attached hydrogens (tertiary/aromatic N) is 1. The molecule has 0 saturated carbocycles. The molecular weight excluding hydrogens is 250 g/mol. The third-order valence-corrected chi connectivity index (χ3v) is 2.84. The topological polar surface area (TPSA) is 41.8 Å². The molecule has 0 aliphatic heterocycles. The van der Waals surface area contributed by atoms with E-state index in [1.807, 2.05) is 66.7 Å². The Kier molecular flexibility index (Phi) is 5.09. The van der Waals surface area contributed by atoms with Gasteiger partial charge in [-0.15, -0.1) is 0 Å². The fourth-order valence-electron chi connectivity index (χ4n) is 1.83. The van der Waals surface area contributed by atoms with Crippen LogP contribution in [0.2, 0.25) is 0 Å². The minimum Gasteiger partial charge on any atom is -0.399 e. The molecular formula is C17H17NO2. The molecule has 0 aliphatic rings. The lowest BCUT2D eigenvalue weighted by Crippen LogP contribution is -2.10. The molecule has 2 aromatic rings. The molecule has 0 radical (unpaired) electrons. The monoisotopic (exact) mass is 267 g/mol. The van der Waals surface area contributed by atoms with E-state index in [2.05, 4.69) is 5.16 Å². The van der Waals surface area contributed by atoms with Gasteiger partial charge in [0.2, 0.25) is 0 Å². The molecule has 0 bridgehead atoms. The van der Waals surface area contributed by atoms with E-state index in [-0.39, 0.29) is 0 Å². The molecule has 3 nitrogen and oxygen atoms in total. The van der Waals surface area contributed by atoms with E-state index in [1.54, 1.807) is 6.08 Å². The second-order valence-corrected chi connectivity index (χ2v) is 4.26. The molecule has 0 saturated heterocycles. The molecule has 102 valence electrons. The van der Waals surface area contributed by atoms with Gasteiger partial charge in [0.25, 0.3) is 0 Å². The highest BCUT2D eigenvalue weighted by Crippen LogP contribution is 2.16. The lowest BCUT2D eigenvalue weighted by Gasteiger charge is -2.10. The highest BCUT2D eigenvalue weighted by Gasteiger charge is 2.13. The minimum atomic E-state index is -0.809. The van der Waals surface area contributed by atoms with Crippen LogP contribution in [-0.4, -0.2) is 17.9 Å². The summed E-state index contributed by atoms with van der Waals surface area (Å²) >= 11 is 0. The van der Waals surface area contributed by atoms with Crippen LogP contribution in [0.15, 0.2) is 71.9 Å². The lowest BCUT2D eigenvalue weighted by atomic mass is 10.0. The first-order valence-corrected chi connectivity index (χ1v) is 6.38. The first-order chi connectivity index (χ1) is 9.81. The fourth-order valence-corrected chi connectivity index (χ4v) is 1.83. The second kappa shape index (κ2) is 7.26. The Morgan fingerprint density at radius 1 is 1.05 bits per heavy atom. The number of aliphatic hydroxyl groups is 1. The molecule has 0 amide bonds. The number of aliphatic hydroxyl groups excluding tert-OH is 1. The molecule has 0 heterocycles. The van der Waals surface area contributed by atoms with Crippen molar-refractivity contribution in [3.05, 3.63) is 77.9 Å². The molecule has 0 aromatic heterocycles. The van der Waals surface area contributed by atoms with Gasteiger partial charge in [-0.3, -0.25) is 0 Å². The van der Waals surface area contributed by atoms with Crippen molar-refractivity contribution in [1.82, 2.24) is 0 Å². The Hall–Kier alpha value is -2.39. The van der Waals surface area contributed by atoms with Gasteiger partial charge in [-0.1, -0.05) is 71.9 Å². The molecule has 0 fully saturated rings. The third kappa shape index (κ3) is 3.80. The summed E-state index contributed by atoms with van der Waals surface area (Å²) in [7, 11) is 1.47. The Morgan fingerprint density at radius 3 is 2.25 bits per heavy atom. The maximum absolute atomic E-state index is 10.3. The highest BCUT2D eigenvalue weighted by atomic mass is 16.6. The van der Waals surface area contributed by atoms with Gasteiger partial charge in [0.05, 0.1) is 0 Å². The van der Waals surface area contributed by atoms with Gasteiger partial charge in [0.15, 0.2) is 0 Å². The van der Waals surface area contributed by atoms with Crippen LogP contribution in [0.1, 0.15) is 17.2 Å². The predicted octanol–water partition coefficient (Wildman–Crippen LogP) is 3.44. The second-order valence-electron chi connectivity index (χ2n) is 4.26. The molecule has 0 aliphatic carbocycles. The normalized spacial score (nSPS) is 13.4. The SMILES string of the molecule is CO/N=C(/C=C/c1ccccc1)C(O)c1ccccc1. The maximum atomic E-state index is 10.3. The van der Waals surface area contributed by atoms with Crippen molar-refractivity contribution in [3.63, 3.8) is 0 Å². The Morgan fingerprint density at radius 2 is 1.65 bits per heavy atom. The van der Waals surface area contributed by atoms with E-state index in [9.17, 15) is 5.11 Å². The molecule has 2 aromatic carbocycles. The summed E-state index contributed by atoms with van der Waals surface area (Å²) in [4.78, 5) is 4.81. The number of benzene rings is 2. The molecule has 1 unspecified atom stereocenters. The first-order valence-electron chi connectivity index (χ1n) is 6.38. The number of hydrogen-bond donors (Lipinski definition) is 1. The summed E-state index contributed by atoms with van der Waals surface area (Å²) in [6.45, 7) is 0. The molecule has 1 N–H and O–H groups in total. The Labute approximate surface area is 118 Å². The van der Waals surface area contributed by atoms with Gasteiger partial charge < -0.3 is 9.94 Å². The van der Waals surface area contributed by atoms with Crippen molar-refractivity contribution in [2.75, 3.05) is 7.11 Å². The van der Waals surface area contributed by atoms with Gasteiger partial charge in [-0.25, -0.2) is 0 Å². The molecule has 20 heavy (non-hydrogen) atoms. The average molecular weight is 267 g/mol. The third-order valence-electron chi connectivity index (χ3n) is 2.84. The van der Waals surface area contributed by atoms with E-state index in [4.69, 9.17) is 4.84 Å². The average Bonchev–Trinajstić information content (AvgIpc) is 2.52. The summed E-state index contributed by atoms with van der Waals surface area (Å²) in [5.41, 5.74) is 2.28. The molecule has 3 heteroatoms. The number of oxime groups is 1. The summed E-state index contributed by atoms with van der Waals surface area (Å²) in [6, 6.07) is 19.2. The summed E-state index contributed by atoms with van der Waals surface area (Å²) < 4.78 is 0. The van der Waals surface area contributed by atoms with Crippen LogP contribution in [0, 0.1) is 0 Å². The quantitative estimate of drug-likeness (QED) is 0.666. The van der Waals surface area contributed by atoms with Crippen molar-refractivity contribution in [2.24, 2.45) is 5.16 Å². The summed E-state index contributed by atoms with van der Waals surface area (Å²) in [5, 5.41) is 14.2. The standard InChI is InChI=1S/C17H17NO2/c1-20-18-16(13-12-14-8-4-2-5-9-14)17(19)15-10-6-3-7-11-15/h2-13,17,19H,1H3/b13-12+,18-16-. The smallest absolute Gasteiger partial charge is 0.124 e. The van der Waals surface area contributed by atoms with Crippen molar-refractivity contribution >= 4 is 11.8 Å². The zero-order chi connectivity index (χ0) is 14.2. The van der Waals surface area contributed by atoms with Crippen LogP contribution in [-0.2, 0) is 4.84 Å². The molecule has 2 rings (SSSR count). The van der Waals surface area contributed by atoms with Crippen molar-refractivity contribution in [3.8, 4) is 0 Å². The van der Waals surface area contributed by atoms with Gasteiger partial charge in [0.1, 0.15) is 18.9 Å². The molecule has 1 atom stereocenters. The van der Waals surface area contributed by atoms with Gasteiger partial charge in [-0.2, -0.15) is 0 Å². The van der Waals surface area contributed by atoms with E-state index in [1.165, 1.54) is 7.11 Å². The predicted molar refractivity (Wildman–Crippen MR) is 81.3 cm³/mol. The first kappa shape index (κ1) is 14.0. The zero-order valence-corrected chi connectivity index (χ0v) is 11.3. The van der Waals surface area contributed by atoms with Crippen molar-refractivity contribution in [2.45, 2.75) is 6.10 Å². The number of rotatable bonds is 5. The van der Waals surface area contributed by atoms with Crippen molar-refractivity contribution in [1.29, 1.82) is 0 Å². The fraction of sp³-hybridized carbons (Fsp3) is 0.118. The van der Waals surface area contributed by atoms with Gasteiger partial charge in [-0.05, 0) is 17.2 Å². The van der Waals surface area contributed by atoms with Crippen LogP contribution < -0.4 is 0 Å². The van der Waals surface area contributed by atoms with Crippen LogP contribution >= 0.6 is 0 Å². The Balaban J connectivity index is 2.20. The van der Waals surface area contributed by atoms with Crippen LogP contribution in [0.3, 0.4) is 0 Å². The molecule has 0 spiro atoms. The highest BCUT2D eigenvalue weighted by molar-refractivity contribution is 6.01. The maximum Gasteiger partial charge on any atom is 0.124 e. The summed E-state index contributed by atoms with van der Waals surface area (Å²) in [5.74, 6) is 0. The van der Waals surface area contributed by atoms with Gasteiger partial charge >= 0.3 is 0 Å². The van der Waals surface area contributed by atoms with E-state index in [0.717, 1.165) is 11.1 Å². The van der Waals surface area contributed by atoms with Crippen molar-refractivity contribution < 1.29 is 9.94 Å². The van der Waals surface area contributed by atoms with Crippen LogP contribution in [0.25, 0.3) is 6.08 Å².